The van der Waals surface area contributed by atoms with Gasteiger partial charge in [-0.2, -0.15) is 0 Å². The van der Waals surface area contributed by atoms with Crippen LogP contribution < -0.4 is 0 Å². The molecule has 4 rings (SSSR count). The zero-order valence-electron chi connectivity index (χ0n) is 28.6. The number of nitrogens with zero attached hydrogens (tertiary/aromatic N) is 3. The number of thioether (sulfide) groups is 1. The second-order valence-corrected chi connectivity index (χ2v) is 17.3. The number of amides is 3. The number of hydrogen-bond donors (Lipinski definition) is 1. The van der Waals surface area contributed by atoms with E-state index in [0.717, 1.165) is 24.8 Å². The number of hydrogen-bond acceptors (Lipinski definition) is 5. The maximum absolute atomic E-state index is 15.2. The van der Waals surface area contributed by atoms with Gasteiger partial charge in [0.15, 0.2) is 0 Å². The van der Waals surface area contributed by atoms with Crippen molar-refractivity contribution in [1.29, 1.82) is 0 Å². The molecule has 3 aliphatic heterocycles. The highest BCUT2D eigenvalue weighted by molar-refractivity contribution is 8.02. The quantitative estimate of drug-likeness (QED) is 0.264. The second-order valence-electron chi connectivity index (χ2n) is 15.4. The maximum atomic E-state index is 15.2. The molecule has 1 aromatic carbocycles. The van der Waals surface area contributed by atoms with Crippen molar-refractivity contribution in [3.8, 4) is 0 Å². The molecule has 1 spiro atoms. The molecular weight excluding hydrogens is 582 g/mol. The third kappa shape index (κ3) is 6.51. The Kier molecular flexibility index (Phi) is 10.4. The minimum atomic E-state index is -0.807. The van der Waals surface area contributed by atoms with Gasteiger partial charge in [0.2, 0.25) is 17.7 Å². The number of carbonyl (C=O) groups is 3. The van der Waals surface area contributed by atoms with Gasteiger partial charge in [0, 0.05) is 29.9 Å². The lowest BCUT2D eigenvalue weighted by Crippen LogP contribution is -2.62. The summed E-state index contributed by atoms with van der Waals surface area (Å²) in [6, 6.07) is 8.40. The van der Waals surface area contributed by atoms with Crippen LogP contribution in [-0.2, 0) is 20.8 Å². The summed E-state index contributed by atoms with van der Waals surface area (Å²) in [7, 11) is 0. The highest BCUT2D eigenvalue weighted by Gasteiger charge is 2.78. The molecule has 3 aliphatic rings. The highest BCUT2D eigenvalue weighted by Crippen LogP contribution is 2.72. The van der Waals surface area contributed by atoms with E-state index >= 15 is 4.79 Å². The van der Waals surface area contributed by atoms with Crippen LogP contribution in [0.1, 0.15) is 79.7 Å². The highest BCUT2D eigenvalue weighted by atomic mass is 32.2. The molecule has 0 radical (unpaired) electrons. The Morgan fingerprint density at radius 1 is 1.09 bits per heavy atom. The zero-order valence-corrected chi connectivity index (χ0v) is 29.4. The molecule has 45 heavy (non-hydrogen) atoms. The van der Waals surface area contributed by atoms with Gasteiger partial charge in [0.05, 0.1) is 29.2 Å². The van der Waals surface area contributed by atoms with Crippen molar-refractivity contribution in [2.24, 2.45) is 17.3 Å². The van der Waals surface area contributed by atoms with E-state index in [9.17, 15) is 14.7 Å². The van der Waals surface area contributed by atoms with E-state index in [4.69, 9.17) is 0 Å². The Morgan fingerprint density at radius 2 is 1.73 bits per heavy atom. The number of fused-ring (bicyclic) bond motifs is 1. The Hall–Kier alpha value is -2.58. The van der Waals surface area contributed by atoms with E-state index in [1.807, 2.05) is 47.1 Å². The van der Waals surface area contributed by atoms with Gasteiger partial charge in [-0.05, 0) is 63.9 Å². The van der Waals surface area contributed by atoms with Crippen molar-refractivity contribution in [1.82, 2.24) is 14.7 Å². The molecule has 0 aromatic heterocycles. The molecular formula is C37H55N3O4S. The maximum Gasteiger partial charge on any atom is 0.247 e. The fourth-order valence-electron chi connectivity index (χ4n) is 8.77. The summed E-state index contributed by atoms with van der Waals surface area (Å²) in [5.74, 6) is -1.53. The fourth-order valence-corrected chi connectivity index (χ4v) is 11.1. The Labute approximate surface area is 275 Å². The predicted octanol–water partition coefficient (Wildman–Crippen LogP) is 5.73. The second kappa shape index (κ2) is 13.3. The number of carbonyl (C=O) groups excluding carboxylic acids is 3. The van der Waals surface area contributed by atoms with Crippen molar-refractivity contribution in [2.45, 2.75) is 108 Å². The molecule has 248 valence electrons. The minimum Gasteiger partial charge on any atom is -0.394 e. The van der Waals surface area contributed by atoms with Crippen LogP contribution in [0.4, 0.5) is 0 Å². The standard InChI is InChI=1S/C37H55N3O4S/c1-10-20-38(21-11-2)31(42)28-29-32(43)40(27(24-41)23-26-16-14-13-15-17-26)30(37(29)19-18-36(28,9)45-37)33(44)39(22-12-3)35(7,8)25-34(4,5)6/h10,12-17,27-30,41H,1,3,11,18-25H2,2,4-9H3/t27-,28-,29+,30?,36+,37?/m1/s1. The zero-order chi connectivity index (χ0) is 33.4. The summed E-state index contributed by atoms with van der Waals surface area (Å²) < 4.78 is -1.23. The first kappa shape index (κ1) is 35.3. The summed E-state index contributed by atoms with van der Waals surface area (Å²) >= 11 is 1.69. The number of aliphatic hydroxyl groups is 1. The van der Waals surface area contributed by atoms with Crippen molar-refractivity contribution in [3.05, 3.63) is 61.2 Å². The molecule has 2 bridgehead atoms. The average molecular weight is 638 g/mol. The Bertz CT molecular complexity index is 1280. The van der Waals surface area contributed by atoms with Gasteiger partial charge in [-0.1, -0.05) is 70.2 Å². The summed E-state index contributed by atoms with van der Waals surface area (Å²) in [4.78, 5) is 50.0. The predicted molar refractivity (Wildman–Crippen MR) is 184 cm³/mol. The Morgan fingerprint density at radius 3 is 2.29 bits per heavy atom. The van der Waals surface area contributed by atoms with Gasteiger partial charge in [0.1, 0.15) is 6.04 Å². The average Bonchev–Trinajstić information content (AvgIpc) is 3.53. The number of aliphatic hydroxyl groups excluding tert-OH is 1. The minimum absolute atomic E-state index is 0.0284. The van der Waals surface area contributed by atoms with Crippen molar-refractivity contribution >= 4 is 29.5 Å². The van der Waals surface area contributed by atoms with E-state index < -0.39 is 39.0 Å². The topological polar surface area (TPSA) is 81.2 Å². The van der Waals surface area contributed by atoms with Gasteiger partial charge in [-0.25, -0.2) is 0 Å². The summed E-state index contributed by atoms with van der Waals surface area (Å²) in [6.07, 6.45) is 6.89. The van der Waals surface area contributed by atoms with Gasteiger partial charge >= 0.3 is 0 Å². The van der Waals surface area contributed by atoms with Gasteiger partial charge in [-0.15, -0.1) is 24.9 Å². The van der Waals surface area contributed by atoms with E-state index in [0.29, 0.717) is 32.5 Å². The lowest BCUT2D eigenvalue weighted by Gasteiger charge is -2.46. The molecule has 6 atom stereocenters. The summed E-state index contributed by atoms with van der Waals surface area (Å²) in [6.45, 7) is 23.8. The van der Waals surface area contributed by atoms with E-state index in [2.05, 4.69) is 54.7 Å². The SMILES string of the molecule is C=CCN(CCC)C(=O)[C@H]1[C@H]2C(=O)N([C@@H](CO)Cc3ccccc3)C(C(=O)N(CC=C)C(C)(C)CC(C)(C)C)C23CC[C@]1(C)S3. The van der Waals surface area contributed by atoms with Crippen molar-refractivity contribution < 1.29 is 19.5 Å². The van der Waals surface area contributed by atoms with Crippen molar-refractivity contribution in [3.63, 3.8) is 0 Å². The van der Waals surface area contributed by atoms with Crippen LogP contribution in [0, 0.1) is 17.3 Å². The van der Waals surface area contributed by atoms with E-state index in [1.165, 1.54) is 0 Å². The number of benzene rings is 1. The molecule has 0 aliphatic carbocycles. The summed E-state index contributed by atoms with van der Waals surface area (Å²) in [5, 5.41) is 10.9. The van der Waals surface area contributed by atoms with Crippen LogP contribution in [0.3, 0.4) is 0 Å². The van der Waals surface area contributed by atoms with Crippen LogP contribution in [0.15, 0.2) is 55.6 Å². The monoisotopic (exact) mass is 637 g/mol. The van der Waals surface area contributed by atoms with E-state index in [-0.39, 0.29) is 29.7 Å². The Balaban J connectivity index is 1.87. The number of likely N-dealkylation sites (tertiary alicyclic amines) is 1. The third-order valence-corrected chi connectivity index (χ3v) is 12.0. The molecule has 0 saturated carbocycles. The largest absolute Gasteiger partial charge is 0.394 e. The third-order valence-electron chi connectivity index (χ3n) is 10.1. The van der Waals surface area contributed by atoms with Crippen LogP contribution in [-0.4, -0.2) is 90.9 Å². The molecule has 8 heteroatoms. The van der Waals surface area contributed by atoms with Crippen molar-refractivity contribution in [2.75, 3.05) is 26.2 Å². The first-order chi connectivity index (χ1) is 21.1. The molecule has 1 aromatic rings. The van der Waals surface area contributed by atoms with Gasteiger partial charge in [0.25, 0.3) is 0 Å². The lowest BCUT2D eigenvalue weighted by molar-refractivity contribution is -0.149. The van der Waals surface area contributed by atoms with Crippen LogP contribution >= 0.6 is 11.8 Å². The van der Waals surface area contributed by atoms with Gasteiger partial charge < -0.3 is 19.8 Å². The van der Waals surface area contributed by atoms with Crippen LogP contribution in [0.5, 0.6) is 0 Å². The molecule has 1 N–H and O–H groups in total. The molecule has 3 fully saturated rings. The lowest BCUT2D eigenvalue weighted by atomic mass is 9.66. The first-order valence-electron chi connectivity index (χ1n) is 16.6. The summed E-state index contributed by atoms with van der Waals surface area (Å²) in [5.41, 5.74) is 0.414. The smallest absolute Gasteiger partial charge is 0.247 e. The first-order valence-corrected chi connectivity index (χ1v) is 17.4. The molecule has 3 heterocycles. The molecule has 2 unspecified atom stereocenters. The molecule has 3 amide bonds. The normalized spacial score (nSPS) is 28.1. The fraction of sp³-hybridized carbons (Fsp3) is 0.649. The van der Waals surface area contributed by atoms with Gasteiger partial charge in [-0.3, -0.25) is 14.4 Å². The van der Waals surface area contributed by atoms with Crippen LogP contribution in [0.2, 0.25) is 0 Å². The number of rotatable bonds is 14. The molecule has 7 nitrogen and oxygen atoms in total. The molecule has 3 saturated heterocycles. The van der Waals surface area contributed by atoms with Crippen LogP contribution in [0.25, 0.3) is 0 Å². The van der Waals surface area contributed by atoms with E-state index in [1.54, 1.807) is 28.8 Å².